The van der Waals surface area contributed by atoms with Gasteiger partial charge in [-0.2, -0.15) is 18.3 Å². The summed E-state index contributed by atoms with van der Waals surface area (Å²) in [5.41, 5.74) is 9.14. The van der Waals surface area contributed by atoms with E-state index >= 15 is 0 Å². The SMILES string of the molecule is CC(C)(C)c1ccc(C(NCC2CC2)c2cccc(NC(=O)c3cc(C(F)(F)F)nn3-c3cccc(CN)c3)c2)cc1. The van der Waals surface area contributed by atoms with Crippen molar-refractivity contribution in [2.45, 2.75) is 57.8 Å². The fraction of sp³-hybridized carbons (Fsp3) is 0.333. The normalized spacial score (nSPS) is 14.5. The standard InChI is InChI=1S/C33H36F3N5O/c1-32(2,3)25-14-12-23(13-15-25)30(38-20-21-10-11-21)24-7-5-8-26(17-24)39-31(42)28-18-29(33(34,35)36)40-41(28)27-9-4-6-22(16-27)19-37/h4-9,12-18,21,30,38H,10-11,19-20,37H2,1-3H3,(H,39,42). The van der Waals surface area contributed by atoms with Crippen LogP contribution in [-0.2, 0) is 18.1 Å². The van der Waals surface area contributed by atoms with Crippen LogP contribution in [0.4, 0.5) is 18.9 Å². The minimum Gasteiger partial charge on any atom is -0.326 e. The predicted molar refractivity (Wildman–Crippen MR) is 159 cm³/mol. The number of hydrogen-bond donors (Lipinski definition) is 3. The van der Waals surface area contributed by atoms with Gasteiger partial charge in [-0.3, -0.25) is 4.79 Å². The van der Waals surface area contributed by atoms with Crippen molar-refractivity contribution in [1.82, 2.24) is 15.1 Å². The number of nitrogens with one attached hydrogen (secondary N) is 2. The first-order valence-corrected chi connectivity index (χ1v) is 14.1. The van der Waals surface area contributed by atoms with Gasteiger partial charge in [-0.15, -0.1) is 0 Å². The monoisotopic (exact) mass is 575 g/mol. The van der Waals surface area contributed by atoms with Crippen molar-refractivity contribution in [3.63, 3.8) is 0 Å². The number of amides is 1. The van der Waals surface area contributed by atoms with Crippen molar-refractivity contribution in [3.8, 4) is 5.69 Å². The summed E-state index contributed by atoms with van der Waals surface area (Å²) in [7, 11) is 0. The van der Waals surface area contributed by atoms with Gasteiger partial charge in [0.25, 0.3) is 5.91 Å². The molecule has 0 radical (unpaired) electrons. The zero-order valence-corrected chi connectivity index (χ0v) is 24.0. The molecule has 0 aliphatic heterocycles. The summed E-state index contributed by atoms with van der Waals surface area (Å²) in [5, 5.41) is 10.2. The third-order valence-electron chi connectivity index (χ3n) is 7.52. The topological polar surface area (TPSA) is 85.0 Å². The van der Waals surface area contributed by atoms with Crippen LogP contribution in [0.2, 0.25) is 0 Å². The second-order valence-corrected chi connectivity index (χ2v) is 11.9. The molecular formula is C33H36F3N5O. The van der Waals surface area contributed by atoms with E-state index in [1.807, 2.05) is 18.2 Å². The molecule has 1 amide bonds. The van der Waals surface area contributed by atoms with Crippen molar-refractivity contribution < 1.29 is 18.0 Å². The lowest BCUT2D eigenvalue weighted by Crippen LogP contribution is -2.25. The molecule has 4 aromatic rings. The average molecular weight is 576 g/mol. The van der Waals surface area contributed by atoms with Crippen LogP contribution in [0.5, 0.6) is 0 Å². The van der Waals surface area contributed by atoms with Crippen LogP contribution in [0.15, 0.2) is 78.9 Å². The van der Waals surface area contributed by atoms with Gasteiger partial charge >= 0.3 is 6.18 Å². The summed E-state index contributed by atoms with van der Waals surface area (Å²) in [5.74, 6) is -0.0459. The van der Waals surface area contributed by atoms with Crippen LogP contribution in [0.3, 0.4) is 0 Å². The smallest absolute Gasteiger partial charge is 0.326 e. The number of rotatable bonds is 9. The van der Waals surface area contributed by atoms with Crippen LogP contribution < -0.4 is 16.4 Å². The molecule has 0 saturated heterocycles. The summed E-state index contributed by atoms with van der Waals surface area (Å²) in [6.07, 6.45) is -2.30. The maximum absolute atomic E-state index is 13.6. The van der Waals surface area contributed by atoms with Gasteiger partial charge in [-0.25, -0.2) is 4.68 Å². The van der Waals surface area contributed by atoms with E-state index < -0.39 is 17.8 Å². The van der Waals surface area contributed by atoms with E-state index in [2.05, 4.69) is 60.8 Å². The number of alkyl halides is 3. The van der Waals surface area contributed by atoms with Gasteiger partial charge in [0.2, 0.25) is 0 Å². The van der Waals surface area contributed by atoms with Gasteiger partial charge in [-0.05, 0) is 77.2 Å². The second-order valence-electron chi connectivity index (χ2n) is 11.9. The summed E-state index contributed by atoms with van der Waals surface area (Å²) >= 11 is 0. The first-order chi connectivity index (χ1) is 19.9. The molecule has 1 aliphatic carbocycles. The van der Waals surface area contributed by atoms with Gasteiger partial charge in [0.15, 0.2) is 5.69 Å². The summed E-state index contributed by atoms with van der Waals surface area (Å²) in [6, 6.07) is 23.2. The van der Waals surface area contributed by atoms with E-state index in [-0.39, 0.29) is 23.7 Å². The Morgan fingerprint density at radius 2 is 1.69 bits per heavy atom. The van der Waals surface area contributed by atoms with E-state index in [0.29, 0.717) is 22.9 Å². The quantitative estimate of drug-likeness (QED) is 0.201. The molecule has 1 aromatic heterocycles. The molecule has 0 bridgehead atoms. The minimum absolute atomic E-state index is 0.0315. The van der Waals surface area contributed by atoms with Gasteiger partial charge < -0.3 is 16.4 Å². The average Bonchev–Trinajstić information content (AvgIpc) is 3.66. The highest BCUT2D eigenvalue weighted by Gasteiger charge is 2.36. The lowest BCUT2D eigenvalue weighted by atomic mass is 9.85. The number of halogens is 3. The third-order valence-corrected chi connectivity index (χ3v) is 7.52. The highest BCUT2D eigenvalue weighted by atomic mass is 19.4. The number of benzene rings is 3. The molecular weight excluding hydrogens is 539 g/mol. The fourth-order valence-corrected chi connectivity index (χ4v) is 4.89. The Balaban J connectivity index is 1.44. The maximum Gasteiger partial charge on any atom is 0.435 e. The molecule has 1 heterocycles. The van der Waals surface area contributed by atoms with E-state index in [0.717, 1.165) is 28.4 Å². The molecule has 42 heavy (non-hydrogen) atoms. The highest BCUT2D eigenvalue weighted by molar-refractivity contribution is 6.03. The van der Waals surface area contributed by atoms with Crippen molar-refractivity contribution in [3.05, 3.63) is 113 Å². The Morgan fingerprint density at radius 3 is 2.33 bits per heavy atom. The molecule has 1 aliphatic rings. The summed E-state index contributed by atoms with van der Waals surface area (Å²) in [4.78, 5) is 13.4. The summed E-state index contributed by atoms with van der Waals surface area (Å²) in [6.45, 7) is 7.61. The van der Waals surface area contributed by atoms with Crippen molar-refractivity contribution in [2.75, 3.05) is 11.9 Å². The zero-order chi connectivity index (χ0) is 30.1. The Hall–Kier alpha value is -3.95. The number of anilines is 1. The first kappa shape index (κ1) is 29.5. The minimum atomic E-state index is -4.71. The van der Waals surface area contributed by atoms with Crippen LogP contribution in [0.1, 0.15) is 78.1 Å². The molecule has 1 unspecified atom stereocenters. The van der Waals surface area contributed by atoms with Crippen molar-refractivity contribution >= 4 is 11.6 Å². The van der Waals surface area contributed by atoms with Crippen LogP contribution in [-0.4, -0.2) is 22.2 Å². The van der Waals surface area contributed by atoms with Crippen molar-refractivity contribution in [1.29, 1.82) is 0 Å². The second kappa shape index (κ2) is 11.7. The van der Waals surface area contributed by atoms with E-state index in [9.17, 15) is 18.0 Å². The number of aromatic nitrogens is 2. The molecule has 1 saturated carbocycles. The van der Waals surface area contributed by atoms with E-state index in [1.165, 1.54) is 18.4 Å². The maximum atomic E-state index is 13.6. The lowest BCUT2D eigenvalue weighted by molar-refractivity contribution is -0.141. The van der Waals surface area contributed by atoms with Gasteiger partial charge in [0.1, 0.15) is 5.69 Å². The molecule has 6 nitrogen and oxygen atoms in total. The Kier molecular flexibility index (Phi) is 8.25. The first-order valence-electron chi connectivity index (χ1n) is 14.1. The van der Waals surface area contributed by atoms with E-state index in [1.54, 1.807) is 30.3 Å². The predicted octanol–water partition coefficient (Wildman–Crippen LogP) is 6.99. The lowest BCUT2D eigenvalue weighted by Gasteiger charge is -2.23. The number of carbonyl (C=O) groups excluding carboxylic acids is 1. The third kappa shape index (κ3) is 6.91. The molecule has 3 aromatic carbocycles. The van der Waals surface area contributed by atoms with E-state index in [4.69, 9.17) is 5.73 Å². The largest absolute Gasteiger partial charge is 0.435 e. The van der Waals surface area contributed by atoms with Crippen LogP contribution >= 0.6 is 0 Å². The van der Waals surface area contributed by atoms with Gasteiger partial charge in [0.05, 0.1) is 11.7 Å². The molecule has 4 N–H and O–H groups in total. The Bertz CT molecular complexity index is 1550. The molecule has 9 heteroatoms. The van der Waals surface area contributed by atoms with Gasteiger partial charge in [-0.1, -0.05) is 69.3 Å². The Labute approximate surface area is 244 Å². The highest BCUT2D eigenvalue weighted by Crippen LogP contribution is 2.33. The Morgan fingerprint density at radius 1 is 0.976 bits per heavy atom. The summed E-state index contributed by atoms with van der Waals surface area (Å²) < 4.78 is 41.9. The van der Waals surface area contributed by atoms with Crippen molar-refractivity contribution in [2.24, 2.45) is 11.7 Å². The molecule has 1 fully saturated rings. The molecule has 220 valence electrons. The zero-order valence-electron chi connectivity index (χ0n) is 24.0. The number of nitrogens with two attached hydrogens (primary N) is 1. The molecule has 0 spiro atoms. The fourth-order valence-electron chi connectivity index (χ4n) is 4.89. The number of hydrogen-bond acceptors (Lipinski definition) is 4. The molecule has 1 atom stereocenters. The van der Waals surface area contributed by atoms with Crippen LogP contribution in [0.25, 0.3) is 5.69 Å². The molecule has 5 rings (SSSR count). The van der Waals surface area contributed by atoms with Gasteiger partial charge in [0, 0.05) is 18.3 Å². The van der Waals surface area contributed by atoms with Crippen LogP contribution in [0, 0.1) is 5.92 Å². The number of carbonyl (C=O) groups is 1. The number of nitrogens with zero attached hydrogens (tertiary/aromatic N) is 2.